The summed E-state index contributed by atoms with van der Waals surface area (Å²) >= 11 is 0. The number of ether oxygens (including phenoxy) is 1. The number of hydrogen-bond donors (Lipinski definition) is 2. The Morgan fingerprint density at radius 1 is 1.24 bits per heavy atom. The van der Waals surface area contributed by atoms with Crippen LogP contribution in [0, 0.1) is 6.92 Å². The summed E-state index contributed by atoms with van der Waals surface area (Å²) in [5, 5.41) is 2.50. The van der Waals surface area contributed by atoms with E-state index >= 15 is 0 Å². The van der Waals surface area contributed by atoms with Crippen LogP contribution in [0.3, 0.4) is 0 Å². The molecule has 3 N–H and O–H groups in total. The van der Waals surface area contributed by atoms with E-state index < -0.39 is 5.97 Å². The number of nitrogens with one attached hydrogen (secondary N) is 1. The zero-order valence-corrected chi connectivity index (χ0v) is 14.3. The fourth-order valence-electron chi connectivity index (χ4n) is 1.93. The highest BCUT2D eigenvalue weighted by molar-refractivity contribution is 5.96. The van der Waals surface area contributed by atoms with Crippen molar-refractivity contribution >= 4 is 23.8 Å². The number of hydrogen-bond acceptors (Lipinski definition) is 8. The summed E-state index contributed by atoms with van der Waals surface area (Å²) in [7, 11) is 3.51. The summed E-state index contributed by atoms with van der Waals surface area (Å²) in [6.07, 6.45) is 0. The molecule has 0 spiro atoms. The van der Waals surface area contributed by atoms with Gasteiger partial charge in [-0.05, 0) is 19.1 Å². The highest BCUT2D eigenvalue weighted by Gasteiger charge is 2.11. The molecule has 0 unspecified atom stereocenters. The van der Waals surface area contributed by atoms with Crippen molar-refractivity contribution in [1.29, 1.82) is 0 Å². The minimum Gasteiger partial charge on any atom is -0.456 e. The van der Waals surface area contributed by atoms with Gasteiger partial charge in [-0.2, -0.15) is 15.0 Å². The number of carbonyl (C=O) groups excluding carboxylic acids is 2. The largest absolute Gasteiger partial charge is 0.456 e. The molecular formula is C16H20N6O3. The van der Waals surface area contributed by atoms with Crippen LogP contribution in [-0.2, 0) is 16.1 Å². The van der Waals surface area contributed by atoms with Gasteiger partial charge >= 0.3 is 5.97 Å². The van der Waals surface area contributed by atoms with Gasteiger partial charge in [0.2, 0.25) is 11.9 Å². The Balaban J connectivity index is 1.86. The number of aromatic nitrogens is 3. The molecular weight excluding hydrogens is 324 g/mol. The third-order valence-electron chi connectivity index (χ3n) is 3.12. The van der Waals surface area contributed by atoms with Gasteiger partial charge in [-0.25, -0.2) is 0 Å². The molecule has 0 bridgehead atoms. The number of anilines is 2. The third-order valence-corrected chi connectivity index (χ3v) is 3.12. The summed E-state index contributed by atoms with van der Waals surface area (Å²) in [5.41, 5.74) is 7.03. The van der Waals surface area contributed by atoms with Crippen LogP contribution in [-0.4, -0.2) is 47.5 Å². The highest BCUT2D eigenvalue weighted by atomic mass is 16.5. The lowest BCUT2D eigenvalue weighted by Gasteiger charge is -2.11. The van der Waals surface area contributed by atoms with Crippen LogP contribution in [0.25, 0.3) is 0 Å². The average Bonchev–Trinajstić information content (AvgIpc) is 2.57. The Bertz CT molecular complexity index is 778. The van der Waals surface area contributed by atoms with Crippen LogP contribution in [0.4, 0.5) is 11.9 Å². The first-order valence-electron chi connectivity index (χ1n) is 7.53. The Kier molecular flexibility index (Phi) is 5.83. The second-order valence-corrected chi connectivity index (χ2v) is 5.52. The van der Waals surface area contributed by atoms with Gasteiger partial charge < -0.3 is 20.7 Å². The zero-order valence-electron chi connectivity index (χ0n) is 14.3. The number of nitrogens with two attached hydrogens (primary N) is 1. The lowest BCUT2D eigenvalue weighted by Crippen LogP contribution is -2.30. The van der Waals surface area contributed by atoms with Crippen LogP contribution < -0.4 is 16.0 Å². The maximum absolute atomic E-state index is 12.0. The molecule has 9 heteroatoms. The average molecular weight is 344 g/mol. The van der Waals surface area contributed by atoms with Crippen molar-refractivity contribution in [3.05, 3.63) is 41.2 Å². The first kappa shape index (κ1) is 18.1. The first-order valence-corrected chi connectivity index (χ1v) is 7.53. The van der Waals surface area contributed by atoms with Crippen molar-refractivity contribution in [2.75, 3.05) is 31.3 Å². The molecule has 0 atom stereocenters. The SMILES string of the molecule is Cc1cccc(C(=O)NCC(=O)OCc2nc(N)nc(N(C)C)n2)c1. The number of carbonyl (C=O) groups is 2. The van der Waals surface area contributed by atoms with Crippen LogP contribution in [0.2, 0.25) is 0 Å². The lowest BCUT2D eigenvalue weighted by molar-refractivity contribution is -0.143. The lowest BCUT2D eigenvalue weighted by atomic mass is 10.1. The molecule has 0 aliphatic carbocycles. The van der Waals surface area contributed by atoms with Crippen molar-refractivity contribution in [2.45, 2.75) is 13.5 Å². The Morgan fingerprint density at radius 2 is 2.00 bits per heavy atom. The quantitative estimate of drug-likeness (QED) is 0.717. The van der Waals surface area contributed by atoms with Gasteiger partial charge in [-0.15, -0.1) is 0 Å². The van der Waals surface area contributed by atoms with Gasteiger partial charge in [0.1, 0.15) is 6.54 Å². The van der Waals surface area contributed by atoms with Crippen LogP contribution in [0.15, 0.2) is 24.3 Å². The van der Waals surface area contributed by atoms with E-state index in [2.05, 4.69) is 20.3 Å². The molecule has 1 aromatic heterocycles. The van der Waals surface area contributed by atoms with Crippen molar-refractivity contribution in [3.63, 3.8) is 0 Å². The molecule has 1 amide bonds. The van der Waals surface area contributed by atoms with Crippen molar-refractivity contribution in [3.8, 4) is 0 Å². The van der Waals surface area contributed by atoms with Crippen LogP contribution >= 0.6 is 0 Å². The number of nitrogen functional groups attached to an aromatic ring is 1. The van der Waals surface area contributed by atoms with Gasteiger partial charge in [0.05, 0.1) is 0 Å². The van der Waals surface area contributed by atoms with Crippen molar-refractivity contribution < 1.29 is 14.3 Å². The highest BCUT2D eigenvalue weighted by Crippen LogP contribution is 2.06. The van der Waals surface area contributed by atoms with Crippen LogP contribution in [0.1, 0.15) is 21.7 Å². The molecule has 0 aliphatic rings. The van der Waals surface area contributed by atoms with E-state index in [0.29, 0.717) is 11.5 Å². The van der Waals surface area contributed by atoms with E-state index in [-0.39, 0.29) is 30.8 Å². The summed E-state index contributed by atoms with van der Waals surface area (Å²) in [6.45, 7) is 1.47. The fourth-order valence-corrected chi connectivity index (χ4v) is 1.93. The minimum absolute atomic E-state index is 0.0394. The van der Waals surface area contributed by atoms with E-state index in [1.807, 2.05) is 13.0 Å². The topological polar surface area (TPSA) is 123 Å². The smallest absolute Gasteiger partial charge is 0.325 e. The number of amides is 1. The maximum Gasteiger partial charge on any atom is 0.325 e. The number of aryl methyl sites for hydroxylation is 1. The predicted octanol–water partition coefficient (Wildman–Crippen LogP) is 0.301. The standard InChI is InChI=1S/C16H20N6O3/c1-10-5-4-6-11(7-10)14(24)18-8-13(23)25-9-12-19-15(17)21-16(20-12)22(2)3/h4-7H,8-9H2,1-3H3,(H,18,24)(H2,17,19,20,21). The number of nitrogens with zero attached hydrogens (tertiary/aromatic N) is 4. The van der Waals surface area contributed by atoms with Crippen molar-refractivity contribution in [1.82, 2.24) is 20.3 Å². The Morgan fingerprint density at radius 3 is 2.68 bits per heavy atom. The summed E-state index contributed by atoms with van der Waals surface area (Å²) < 4.78 is 5.05. The molecule has 0 saturated carbocycles. The molecule has 0 fully saturated rings. The van der Waals surface area contributed by atoms with E-state index in [4.69, 9.17) is 10.5 Å². The molecule has 2 aromatic rings. The fraction of sp³-hybridized carbons (Fsp3) is 0.312. The van der Waals surface area contributed by atoms with Gasteiger partial charge in [0, 0.05) is 19.7 Å². The van der Waals surface area contributed by atoms with Crippen molar-refractivity contribution in [2.24, 2.45) is 0 Å². The molecule has 2 rings (SSSR count). The minimum atomic E-state index is -0.605. The van der Waals surface area contributed by atoms with Gasteiger partial charge in [-0.3, -0.25) is 9.59 Å². The molecule has 25 heavy (non-hydrogen) atoms. The van der Waals surface area contributed by atoms with E-state index in [9.17, 15) is 9.59 Å². The zero-order chi connectivity index (χ0) is 18.4. The Labute approximate surface area is 145 Å². The van der Waals surface area contributed by atoms with Gasteiger partial charge in [-0.1, -0.05) is 17.7 Å². The van der Waals surface area contributed by atoms with Gasteiger partial charge in [0.15, 0.2) is 12.4 Å². The molecule has 0 saturated heterocycles. The Hall–Kier alpha value is -3.23. The van der Waals surface area contributed by atoms with E-state index in [1.54, 1.807) is 37.2 Å². The molecule has 9 nitrogen and oxygen atoms in total. The predicted molar refractivity (Wildman–Crippen MR) is 91.9 cm³/mol. The maximum atomic E-state index is 12.0. The normalized spacial score (nSPS) is 10.2. The number of rotatable bonds is 6. The summed E-state index contributed by atoms with van der Waals surface area (Å²) in [5.74, 6) is -0.315. The van der Waals surface area contributed by atoms with Crippen LogP contribution in [0.5, 0.6) is 0 Å². The second kappa shape index (κ2) is 8.04. The number of benzene rings is 1. The molecule has 0 radical (unpaired) electrons. The van der Waals surface area contributed by atoms with E-state index in [1.165, 1.54) is 0 Å². The molecule has 1 aromatic carbocycles. The summed E-state index contributed by atoms with van der Waals surface area (Å²) in [6, 6.07) is 7.06. The second-order valence-electron chi connectivity index (χ2n) is 5.52. The third kappa shape index (κ3) is 5.41. The monoisotopic (exact) mass is 344 g/mol. The molecule has 1 heterocycles. The van der Waals surface area contributed by atoms with E-state index in [0.717, 1.165) is 5.56 Å². The number of esters is 1. The molecule has 132 valence electrons. The van der Waals surface area contributed by atoms with Gasteiger partial charge in [0.25, 0.3) is 5.91 Å². The first-order chi connectivity index (χ1) is 11.8. The molecule has 0 aliphatic heterocycles. The summed E-state index contributed by atoms with van der Waals surface area (Å²) in [4.78, 5) is 37.4.